The Morgan fingerprint density at radius 1 is 1.58 bits per heavy atom. The molecule has 3 N–H and O–H groups in total. The molecule has 1 amide bonds. The molecule has 1 unspecified atom stereocenters. The summed E-state index contributed by atoms with van der Waals surface area (Å²) in [7, 11) is 2.09. The summed E-state index contributed by atoms with van der Waals surface area (Å²) in [6.07, 6.45) is 3.21. The summed E-state index contributed by atoms with van der Waals surface area (Å²) in [5.74, 6) is 5.84. The lowest BCUT2D eigenvalue weighted by Gasteiger charge is -2.26. The van der Waals surface area contributed by atoms with Crippen LogP contribution in [0.15, 0.2) is 18.2 Å². The number of amides is 1. The highest BCUT2D eigenvalue weighted by atomic mass is 32.2. The molecule has 0 radical (unpaired) electrons. The van der Waals surface area contributed by atoms with Crippen LogP contribution in [0.25, 0.3) is 0 Å². The molecule has 0 aliphatic heterocycles. The Bertz CT molecular complexity index is 413. The number of carbonyl (C=O) groups is 1. The smallest absolute Gasteiger partial charge is 0.283 e. The van der Waals surface area contributed by atoms with Crippen LogP contribution < -0.4 is 11.3 Å². The van der Waals surface area contributed by atoms with E-state index in [4.69, 9.17) is 5.84 Å². The molecule has 0 spiro atoms. The summed E-state index contributed by atoms with van der Waals surface area (Å²) in [6.45, 7) is 2.91. The Hall–Kier alpha value is -1.11. The van der Waals surface area contributed by atoms with Gasteiger partial charge in [0.15, 0.2) is 0 Å². The molecular formula is C13H22N4OS. The molecule has 1 aromatic rings. The lowest BCUT2D eigenvalue weighted by Crippen LogP contribution is -2.34. The maximum absolute atomic E-state index is 11.4. The van der Waals surface area contributed by atoms with E-state index in [0.29, 0.717) is 11.7 Å². The van der Waals surface area contributed by atoms with Gasteiger partial charge in [0.1, 0.15) is 5.69 Å². The predicted molar refractivity (Wildman–Crippen MR) is 79.8 cm³/mol. The highest BCUT2D eigenvalue weighted by molar-refractivity contribution is 7.98. The van der Waals surface area contributed by atoms with Crippen molar-refractivity contribution >= 4 is 17.7 Å². The minimum Gasteiger partial charge on any atom is -0.297 e. The van der Waals surface area contributed by atoms with E-state index in [0.717, 1.165) is 24.4 Å². The van der Waals surface area contributed by atoms with E-state index in [9.17, 15) is 4.79 Å². The summed E-state index contributed by atoms with van der Waals surface area (Å²) in [6, 6.07) is 5.93. The number of carbonyl (C=O) groups excluding carboxylic acids is 1. The number of rotatable bonds is 7. The molecular weight excluding hydrogens is 260 g/mol. The van der Waals surface area contributed by atoms with E-state index < -0.39 is 0 Å². The van der Waals surface area contributed by atoms with E-state index in [-0.39, 0.29) is 5.91 Å². The zero-order valence-electron chi connectivity index (χ0n) is 11.7. The number of aromatic nitrogens is 1. The molecule has 0 saturated heterocycles. The lowest BCUT2D eigenvalue weighted by atomic mass is 10.2. The average Bonchev–Trinajstić information content (AvgIpc) is 2.43. The van der Waals surface area contributed by atoms with Crippen molar-refractivity contribution in [2.75, 3.05) is 19.1 Å². The molecule has 1 rings (SSSR count). The Morgan fingerprint density at radius 2 is 2.32 bits per heavy atom. The number of nitrogen functional groups attached to an aromatic ring is 1. The van der Waals surface area contributed by atoms with Gasteiger partial charge in [-0.25, -0.2) is 10.8 Å². The van der Waals surface area contributed by atoms with Gasteiger partial charge < -0.3 is 0 Å². The van der Waals surface area contributed by atoms with E-state index in [2.05, 4.69) is 35.5 Å². The van der Waals surface area contributed by atoms with Crippen LogP contribution >= 0.6 is 11.8 Å². The third-order valence-corrected chi connectivity index (χ3v) is 3.75. The second kappa shape index (κ2) is 8.14. The monoisotopic (exact) mass is 282 g/mol. The van der Waals surface area contributed by atoms with Crippen molar-refractivity contribution in [3.05, 3.63) is 29.6 Å². The van der Waals surface area contributed by atoms with E-state index in [1.807, 2.05) is 23.9 Å². The zero-order chi connectivity index (χ0) is 14.3. The van der Waals surface area contributed by atoms with Crippen LogP contribution in [0.1, 0.15) is 29.5 Å². The third kappa shape index (κ3) is 4.81. The summed E-state index contributed by atoms with van der Waals surface area (Å²) in [5, 5.41) is 0. The molecule has 0 bridgehead atoms. The van der Waals surface area contributed by atoms with E-state index in [1.165, 1.54) is 0 Å². The Balaban J connectivity index is 2.73. The topological polar surface area (TPSA) is 71.2 Å². The normalized spacial score (nSPS) is 12.5. The van der Waals surface area contributed by atoms with Crippen molar-refractivity contribution in [3.8, 4) is 0 Å². The van der Waals surface area contributed by atoms with Gasteiger partial charge in [-0.15, -0.1) is 0 Å². The molecule has 5 nitrogen and oxygen atoms in total. The molecule has 1 heterocycles. The summed E-state index contributed by atoms with van der Waals surface area (Å²) in [5.41, 5.74) is 3.33. The number of thioether (sulfide) groups is 1. The number of nitrogens with zero attached hydrogens (tertiary/aromatic N) is 2. The minimum atomic E-state index is -0.361. The number of nitrogens with one attached hydrogen (secondary N) is 1. The van der Waals surface area contributed by atoms with Gasteiger partial charge in [-0.2, -0.15) is 11.8 Å². The fourth-order valence-corrected chi connectivity index (χ4v) is 2.78. The highest BCUT2D eigenvalue weighted by Gasteiger charge is 2.14. The Morgan fingerprint density at radius 3 is 2.89 bits per heavy atom. The maximum atomic E-state index is 11.4. The fraction of sp³-hybridized carbons (Fsp3) is 0.538. The molecule has 0 aliphatic carbocycles. The Labute approximate surface area is 118 Å². The molecule has 0 fully saturated rings. The molecule has 0 aliphatic rings. The maximum Gasteiger partial charge on any atom is 0.283 e. The molecule has 1 aromatic heterocycles. The van der Waals surface area contributed by atoms with Crippen LogP contribution in [0, 0.1) is 0 Å². The van der Waals surface area contributed by atoms with E-state index >= 15 is 0 Å². The van der Waals surface area contributed by atoms with Crippen LogP contribution in [0.2, 0.25) is 0 Å². The third-order valence-electron chi connectivity index (χ3n) is 3.04. The predicted octanol–water partition coefficient (Wildman–Crippen LogP) is 1.26. The van der Waals surface area contributed by atoms with Gasteiger partial charge in [-0.3, -0.25) is 15.1 Å². The van der Waals surface area contributed by atoms with Gasteiger partial charge in [0.2, 0.25) is 0 Å². The van der Waals surface area contributed by atoms with Crippen LogP contribution in [-0.4, -0.2) is 40.9 Å². The number of nitrogens with two attached hydrogens (primary N) is 1. The zero-order valence-corrected chi connectivity index (χ0v) is 12.5. The van der Waals surface area contributed by atoms with Crippen molar-refractivity contribution in [2.24, 2.45) is 5.84 Å². The SMILES string of the molecule is CCC(CSC)N(C)Cc1cccc(C(=O)NN)n1. The van der Waals surface area contributed by atoms with Crippen molar-refractivity contribution < 1.29 is 4.79 Å². The summed E-state index contributed by atoms with van der Waals surface area (Å²) < 4.78 is 0. The number of hydrogen-bond acceptors (Lipinski definition) is 5. The second-order valence-electron chi connectivity index (χ2n) is 4.42. The molecule has 19 heavy (non-hydrogen) atoms. The number of hydrogen-bond donors (Lipinski definition) is 2. The van der Waals surface area contributed by atoms with Crippen molar-refractivity contribution in [1.29, 1.82) is 0 Å². The molecule has 106 valence electrons. The van der Waals surface area contributed by atoms with Crippen molar-refractivity contribution in [1.82, 2.24) is 15.3 Å². The van der Waals surface area contributed by atoms with E-state index in [1.54, 1.807) is 6.07 Å². The highest BCUT2D eigenvalue weighted by Crippen LogP contribution is 2.11. The van der Waals surface area contributed by atoms with Crippen molar-refractivity contribution in [3.63, 3.8) is 0 Å². The minimum absolute atomic E-state index is 0.353. The first-order valence-electron chi connectivity index (χ1n) is 6.28. The van der Waals surface area contributed by atoms with Gasteiger partial charge >= 0.3 is 0 Å². The molecule has 0 saturated carbocycles. The first-order valence-corrected chi connectivity index (χ1v) is 7.67. The average molecular weight is 282 g/mol. The lowest BCUT2D eigenvalue weighted by molar-refractivity contribution is 0.0948. The first-order chi connectivity index (χ1) is 9.12. The largest absolute Gasteiger partial charge is 0.297 e. The van der Waals surface area contributed by atoms with Crippen LogP contribution in [-0.2, 0) is 6.54 Å². The van der Waals surface area contributed by atoms with Crippen molar-refractivity contribution in [2.45, 2.75) is 25.9 Å². The van der Waals surface area contributed by atoms with Gasteiger partial charge in [0, 0.05) is 18.3 Å². The van der Waals surface area contributed by atoms with Gasteiger partial charge in [0.05, 0.1) is 5.69 Å². The van der Waals surface area contributed by atoms with Gasteiger partial charge in [-0.1, -0.05) is 13.0 Å². The fourth-order valence-electron chi connectivity index (χ4n) is 1.90. The summed E-state index contributed by atoms with van der Waals surface area (Å²) in [4.78, 5) is 18.0. The summed E-state index contributed by atoms with van der Waals surface area (Å²) >= 11 is 1.84. The molecule has 6 heteroatoms. The molecule has 1 atom stereocenters. The quantitative estimate of drug-likeness (QED) is 0.447. The first kappa shape index (κ1) is 15.9. The second-order valence-corrected chi connectivity index (χ2v) is 5.33. The van der Waals surface area contributed by atoms with Gasteiger partial charge in [-0.05, 0) is 31.9 Å². The van der Waals surface area contributed by atoms with Crippen LogP contribution in [0.5, 0.6) is 0 Å². The Kier molecular flexibility index (Phi) is 6.83. The van der Waals surface area contributed by atoms with Crippen LogP contribution in [0.4, 0.5) is 0 Å². The number of hydrazine groups is 1. The van der Waals surface area contributed by atoms with Gasteiger partial charge in [0.25, 0.3) is 5.91 Å². The standard InChI is InChI=1S/C13H22N4OS/c1-4-11(9-19-3)17(2)8-10-6-5-7-12(15-10)13(18)16-14/h5-7,11H,4,8-9,14H2,1-3H3,(H,16,18). The van der Waals surface area contributed by atoms with Crippen LogP contribution in [0.3, 0.4) is 0 Å². The molecule has 0 aromatic carbocycles. The number of pyridine rings is 1.